The highest BCUT2D eigenvalue weighted by Crippen LogP contribution is 2.42. The molecule has 3 heterocycles. The molecule has 3 aliphatic rings. The van der Waals surface area contributed by atoms with Crippen molar-refractivity contribution in [3.05, 3.63) is 142 Å². The molecular formula is C59H64N2O27S. The minimum Gasteiger partial charge on any atom is -0.465 e. The Bertz CT molecular complexity index is 3140. The summed E-state index contributed by atoms with van der Waals surface area (Å²) in [7, 11) is 0.844. The normalized spacial score (nSPS) is 27.1. The number of esters is 8. The summed E-state index contributed by atoms with van der Waals surface area (Å²) in [4.78, 5) is 131. The van der Waals surface area contributed by atoms with Crippen LogP contribution in [0.25, 0.3) is 0 Å². The maximum atomic E-state index is 14.7. The van der Waals surface area contributed by atoms with Gasteiger partial charge in [-0.2, -0.15) is 0 Å². The van der Waals surface area contributed by atoms with E-state index in [2.05, 4.69) is 5.32 Å². The van der Waals surface area contributed by atoms with Crippen LogP contribution in [0.1, 0.15) is 72.1 Å². The second-order valence-corrected chi connectivity index (χ2v) is 21.4. The van der Waals surface area contributed by atoms with E-state index in [9.17, 15) is 68.6 Å². The largest absolute Gasteiger partial charge is 0.465 e. The first-order valence-corrected chi connectivity index (χ1v) is 28.2. The molecule has 0 unspecified atom stereocenters. The third kappa shape index (κ3) is 17.9. The van der Waals surface area contributed by atoms with Crippen molar-refractivity contribution in [2.45, 2.75) is 143 Å². The molecule has 3 saturated heterocycles. The number of hydrogen-bond donors (Lipinski definition) is 4. The van der Waals surface area contributed by atoms with Gasteiger partial charge in [-0.3, -0.25) is 34.1 Å². The van der Waals surface area contributed by atoms with Crippen LogP contribution in [0.5, 0.6) is 0 Å². The Kier molecular flexibility index (Phi) is 23.8. The summed E-state index contributed by atoms with van der Waals surface area (Å²) in [5.74, 6) is -12.5. The van der Waals surface area contributed by atoms with Crippen LogP contribution in [0.15, 0.2) is 120 Å². The maximum absolute atomic E-state index is 14.7. The second kappa shape index (κ2) is 31.1. The lowest BCUT2D eigenvalue weighted by molar-refractivity contribution is -0.384. The van der Waals surface area contributed by atoms with Crippen LogP contribution >= 0.6 is 11.8 Å². The zero-order valence-electron chi connectivity index (χ0n) is 48.5. The first kappa shape index (κ1) is 68.0. The monoisotopic (exact) mass is 1260 g/mol. The minimum absolute atomic E-state index is 0.000382. The molecule has 0 bridgehead atoms. The molecule has 1 amide bonds. The number of amides is 1. The van der Waals surface area contributed by atoms with Crippen molar-refractivity contribution >= 4 is 71.1 Å². The molecule has 3 aliphatic heterocycles. The van der Waals surface area contributed by atoms with E-state index in [4.69, 9.17) is 61.6 Å². The molecule has 29 nitrogen and oxygen atoms in total. The number of benzene rings is 4. The summed E-state index contributed by atoms with van der Waals surface area (Å²) in [6, 6.07) is 26.0. The van der Waals surface area contributed by atoms with Crippen LogP contribution in [-0.4, -0.2) is 198 Å². The third-order valence-electron chi connectivity index (χ3n) is 13.7. The summed E-state index contributed by atoms with van der Waals surface area (Å²) in [6.07, 6.45) is -27.6. The molecule has 4 aromatic rings. The van der Waals surface area contributed by atoms with Gasteiger partial charge in [0, 0.05) is 51.6 Å². The summed E-state index contributed by atoms with van der Waals surface area (Å²) in [5.41, 5.74) is -1.66. The standard InChI is InChI=1S/C59H64N2O27S/c1-30(62)60-44-40(80-32(3)64)26-59(58(73)76-6,87-50(44)49(82-34(5)66)43(81-33(4)65)28-77-31(2)63)88-51-45(67)41(27-78-53(70)35-16-10-7-11-17-35)83-56(47(51)69)86-48-42(29-79-54(71)36-18-12-8-13-19-36)84-57(89-39-24-22-38(23-25-39)61(74)75)52(46(48)68)85-55(72)37-20-14-9-15-21-37/h7-25,40-52,56-57,67-69H,26-29H2,1-6H3,(H,60,62)/t40-,41+,42+,43+,44+,45-,46-,47+,48+,49+,50+,51-,52+,56-,57-,59-/m0/s1. The van der Waals surface area contributed by atoms with Gasteiger partial charge in [-0.1, -0.05) is 66.4 Å². The third-order valence-corrected chi connectivity index (χ3v) is 14.9. The van der Waals surface area contributed by atoms with Crippen molar-refractivity contribution in [2.24, 2.45) is 0 Å². The van der Waals surface area contributed by atoms with Crippen LogP contribution in [0, 0.1) is 10.1 Å². The Labute approximate surface area is 511 Å². The fourth-order valence-corrected chi connectivity index (χ4v) is 10.9. The van der Waals surface area contributed by atoms with E-state index in [0.29, 0.717) is 0 Å². The number of non-ortho nitro benzene ring substituents is 1. The highest BCUT2D eigenvalue weighted by atomic mass is 32.2. The number of nitro benzene ring substituents is 1. The van der Waals surface area contributed by atoms with Crippen LogP contribution in [-0.2, 0) is 90.3 Å². The number of ether oxygens (including phenoxy) is 13. The molecule has 30 heteroatoms. The topological polar surface area (TPSA) is 389 Å². The number of nitrogens with zero attached hydrogens (tertiary/aromatic N) is 1. The Hall–Kier alpha value is -8.46. The Morgan fingerprint density at radius 1 is 0.640 bits per heavy atom. The van der Waals surface area contributed by atoms with E-state index >= 15 is 0 Å². The number of carbonyl (C=O) groups excluding carboxylic acids is 9. The van der Waals surface area contributed by atoms with Gasteiger partial charge in [0.05, 0.1) is 41.2 Å². The predicted octanol–water partition coefficient (Wildman–Crippen LogP) is 2.45. The van der Waals surface area contributed by atoms with Crippen LogP contribution in [0.3, 0.4) is 0 Å². The lowest BCUT2D eigenvalue weighted by Crippen LogP contribution is -2.71. The number of nitro groups is 1. The number of nitrogens with one attached hydrogen (secondary N) is 1. The molecule has 0 saturated carbocycles. The quantitative estimate of drug-likeness (QED) is 0.0339. The number of hydrogen-bond acceptors (Lipinski definition) is 28. The van der Waals surface area contributed by atoms with E-state index in [1.807, 2.05) is 0 Å². The van der Waals surface area contributed by atoms with Gasteiger partial charge in [-0.05, 0) is 48.5 Å². The number of thioether (sulfide) groups is 1. The van der Waals surface area contributed by atoms with E-state index in [-0.39, 0.29) is 27.3 Å². The maximum Gasteiger partial charge on any atom is 0.366 e. The average Bonchev–Trinajstić information content (AvgIpc) is 1.71. The zero-order chi connectivity index (χ0) is 64.7. The lowest BCUT2D eigenvalue weighted by Gasteiger charge is -2.51. The summed E-state index contributed by atoms with van der Waals surface area (Å²) < 4.78 is 76.5. The lowest BCUT2D eigenvalue weighted by atomic mass is 9.87. The Balaban J connectivity index is 1.35. The van der Waals surface area contributed by atoms with Gasteiger partial charge in [0.2, 0.25) is 5.91 Å². The number of carbonyl (C=O) groups is 9. The summed E-state index contributed by atoms with van der Waals surface area (Å²) in [6.45, 7) is 2.26. The second-order valence-electron chi connectivity index (χ2n) is 20.2. The fraction of sp³-hybridized carbons (Fsp3) is 0.441. The molecule has 0 aromatic heterocycles. The van der Waals surface area contributed by atoms with Gasteiger partial charge < -0.3 is 82.2 Å². The zero-order valence-corrected chi connectivity index (χ0v) is 49.3. The molecule has 0 spiro atoms. The molecule has 478 valence electrons. The average molecular weight is 1270 g/mol. The predicted molar refractivity (Wildman–Crippen MR) is 298 cm³/mol. The van der Waals surface area contributed by atoms with Crippen LogP contribution < -0.4 is 5.32 Å². The van der Waals surface area contributed by atoms with Gasteiger partial charge in [0.15, 0.2) is 24.6 Å². The number of methoxy groups -OCH3 is 1. The van der Waals surface area contributed by atoms with Gasteiger partial charge in [-0.15, -0.1) is 0 Å². The van der Waals surface area contributed by atoms with E-state index in [1.54, 1.807) is 30.3 Å². The summed E-state index contributed by atoms with van der Waals surface area (Å²) in [5, 5.41) is 51.9. The highest BCUT2D eigenvalue weighted by Gasteiger charge is 2.63. The fourth-order valence-electron chi connectivity index (χ4n) is 9.78. The van der Waals surface area contributed by atoms with Gasteiger partial charge in [0.1, 0.15) is 80.2 Å². The smallest absolute Gasteiger partial charge is 0.366 e. The first-order chi connectivity index (χ1) is 42.4. The SMILES string of the molecule is COC(=O)[C@@]1(O[C@H]2[C@@H](O)[C@@H](COC(=O)c3ccccc3)O[C@@H](O[C@H]3[C@H](O)[C@@H](OC(=O)c4ccccc4)[C@H](Sc4ccc([N+](=O)[O-])cc4)O[C@@H]3COC(=O)c3ccccc3)[C@@H]2O)C[C@H](OC(C)=O)[C@@H](NC(C)=O)[C@H]([C@H](OC(C)=O)[C@@H](COC(C)=O)OC(C)=O)O1. The minimum atomic E-state index is -3.13. The van der Waals surface area contributed by atoms with Crippen molar-refractivity contribution in [3.63, 3.8) is 0 Å². The molecule has 0 radical (unpaired) electrons. The number of aliphatic hydroxyl groups excluding tert-OH is 3. The van der Waals surface area contributed by atoms with Crippen LogP contribution in [0.2, 0.25) is 0 Å². The molecule has 3 fully saturated rings. The molecule has 4 aromatic carbocycles. The Morgan fingerprint density at radius 2 is 1.19 bits per heavy atom. The van der Waals surface area contributed by atoms with E-state index < -0.39 is 182 Å². The first-order valence-electron chi connectivity index (χ1n) is 27.4. The molecule has 7 rings (SSSR count). The highest BCUT2D eigenvalue weighted by molar-refractivity contribution is 7.99. The van der Waals surface area contributed by atoms with Crippen molar-refractivity contribution in [1.82, 2.24) is 5.32 Å². The van der Waals surface area contributed by atoms with E-state index in [1.165, 1.54) is 84.9 Å². The van der Waals surface area contributed by atoms with Gasteiger partial charge in [-0.25, -0.2) is 19.2 Å². The molecular weight excluding hydrogens is 1200 g/mol. The molecule has 16 atom stereocenters. The number of rotatable bonds is 24. The summed E-state index contributed by atoms with van der Waals surface area (Å²) >= 11 is 0.823. The van der Waals surface area contributed by atoms with Crippen molar-refractivity contribution in [2.75, 3.05) is 26.9 Å². The van der Waals surface area contributed by atoms with Crippen molar-refractivity contribution < 1.29 is 125 Å². The molecule has 4 N–H and O–H groups in total. The van der Waals surface area contributed by atoms with Crippen LogP contribution in [0.4, 0.5) is 5.69 Å². The van der Waals surface area contributed by atoms with E-state index in [0.717, 1.165) is 53.5 Å². The van der Waals surface area contributed by atoms with Crippen molar-refractivity contribution in [3.8, 4) is 0 Å². The Morgan fingerprint density at radius 3 is 1.70 bits per heavy atom. The molecule has 0 aliphatic carbocycles. The number of aliphatic hydroxyl groups is 3. The van der Waals surface area contributed by atoms with Gasteiger partial charge >= 0.3 is 47.8 Å². The van der Waals surface area contributed by atoms with Crippen molar-refractivity contribution in [1.29, 1.82) is 0 Å². The van der Waals surface area contributed by atoms with Gasteiger partial charge in [0.25, 0.3) is 11.5 Å². The molecule has 89 heavy (non-hydrogen) atoms.